The fourth-order valence-electron chi connectivity index (χ4n) is 4.59. The number of fused-ring (bicyclic) bond motifs is 1. The van der Waals surface area contributed by atoms with E-state index in [-0.39, 0.29) is 24.4 Å². The van der Waals surface area contributed by atoms with Crippen LogP contribution >= 0.6 is 12.4 Å². The van der Waals surface area contributed by atoms with Crippen molar-refractivity contribution >= 4 is 41.7 Å². The van der Waals surface area contributed by atoms with Gasteiger partial charge in [0.1, 0.15) is 6.61 Å². The number of hydrogen-bond acceptors (Lipinski definition) is 5. The van der Waals surface area contributed by atoms with Crippen LogP contribution in [0.3, 0.4) is 0 Å². The number of amides is 2. The quantitative estimate of drug-likeness (QED) is 0.652. The Bertz CT molecular complexity index is 1100. The van der Waals surface area contributed by atoms with Gasteiger partial charge in [0.2, 0.25) is 0 Å². The Morgan fingerprint density at radius 1 is 1.06 bits per heavy atom. The van der Waals surface area contributed by atoms with E-state index in [0.29, 0.717) is 25.3 Å². The number of H-pyrrole nitrogens is 1. The molecule has 0 radical (unpaired) electrons. The molecule has 0 aliphatic carbocycles. The molecule has 2 saturated heterocycles. The molecule has 1 aromatic heterocycles. The molecular formula is C24H29ClN4O4. The van der Waals surface area contributed by atoms with Crippen LogP contribution in [-0.4, -0.2) is 66.2 Å². The maximum absolute atomic E-state index is 12.8. The van der Waals surface area contributed by atoms with E-state index in [1.165, 1.54) is 11.1 Å². The summed E-state index contributed by atoms with van der Waals surface area (Å²) in [5.41, 5.74) is 7.78. The number of ether oxygens (including phenoxy) is 2. The lowest BCUT2D eigenvalue weighted by Crippen LogP contribution is -2.35. The molecule has 0 saturated carbocycles. The fourth-order valence-corrected chi connectivity index (χ4v) is 4.59. The van der Waals surface area contributed by atoms with Crippen molar-refractivity contribution in [3.8, 4) is 0 Å². The number of aromatic amines is 1. The number of nitrogens with zero attached hydrogens (tertiary/aromatic N) is 2. The summed E-state index contributed by atoms with van der Waals surface area (Å²) in [5, 5.41) is 2.96. The van der Waals surface area contributed by atoms with Gasteiger partial charge in [-0.05, 0) is 48.7 Å². The molecule has 2 aromatic rings. The zero-order valence-electron chi connectivity index (χ0n) is 18.9. The van der Waals surface area contributed by atoms with Crippen LogP contribution in [0, 0.1) is 13.8 Å². The number of morpholine rings is 1. The lowest BCUT2D eigenvalue weighted by Gasteiger charge is -2.26. The van der Waals surface area contributed by atoms with Gasteiger partial charge in [-0.2, -0.15) is 0 Å². The lowest BCUT2D eigenvalue weighted by atomic mass is 10.0. The Morgan fingerprint density at radius 2 is 1.85 bits per heavy atom. The number of hydrogen-bond donors (Lipinski definition) is 2. The first-order valence-electron chi connectivity index (χ1n) is 11.1. The lowest BCUT2D eigenvalue weighted by molar-refractivity contribution is -0.110. The van der Waals surface area contributed by atoms with E-state index >= 15 is 0 Å². The largest absolute Gasteiger partial charge is 0.448 e. The van der Waals surface area contributed by atoms with Crippen molar-refractivity contribution in [2.24, 2.45) is 0 Å². The van der Waals surface area contributed by atoms with Gasteiger partial charge in [0, 0.05) is 48.8 Å². The van der Waals surface area contributed by atoms with Crippen molar-refractivity contribution in [2.75, 3.05) is 44.8 Å². The highest BCUT2D eigenvalue weighted by atomic mass is 35.5. The SMILES string of the molecule is Cc1[nH]c(/C=C2\C(=O)Nc3ccc(CN4CCOC4=O)cc32)c(C)c1CN1CCOCC1.Cl. The number of carbonyl (C=O) groups is 2. The average molecular weight is 473 g/mol. The average Bonchev–Trinajstić information content (AvgIpc) is 3.41. The third-order valence-corrected chi connectivity index (χ3v) is 6.49. The standard InChI is InChI=1S/C24H28N4O4.ClH/c1-15-20(14-27-5-8-31-9-6-27)16(2)25-22(15)12-19-18-11-17(3-4-21(18)26-23(19)29)13-28-7-10-32-24(28)30;/h3-4,11-12,25H,5-10,13-14H2,1-2H3,(H,26,29);1H/b19-12-;. The zero-order chi connectivity index (χ0) is 22.2. The maximum atomic E-state index is 12.8. The molecule has 5 rings (SSSR count). The molecule has 3 aliphatic rings. The summed E-state index contributed by atoms with van der Waals surface area (Å²) >= 11 is 0. The van der Waals surface area contributed by atoms with Crippen molar-refractivity contribution in [3.05, 3.63) is 51.8 Å². The number of anilines is 1. The van der Waals surface area contributed by atoms with Crippen LogP contribution in [0.15, 0.2) is 18.2 Å². The summed E-state index contributed by atoms with van der Waals surface area (Å²) in [6.07, 6.45) is 1.65. The summed E-state index contributed by atoms with van der Waals surface area (Å²) in [7, 11) is 0. The summed E-state index contributed by atoms with van der Waals surface area (Å²) in [6, 6.07) is 5.84. The smallest absolute Gasteiger partial charge is 0.410 e. The summed E-state index contributed by atoms with van der Waals surface area (Å²) in [6.45, 7) is 9.96. The molecule has 0 spiro atoms. The molecule has 2 fully saturated rings. The van der Waals surface area contributed by atoms with Gasteiger partial charge in [0.25, 0.3) is 5.91 Å². The van der Waals surface area contributed by atoms with E-state index in [9.17, 15) is 9.59 Å². The number of nitrogens with one attached hydrogen (secondary N) is 2. The third kappa shape index (κ3) is 4.64. The van der Waals surface area contributed by atoms with E-state index in [1.807, 2.05) is 24.3 Å². The van der Waals surface area contributed by atoms with Gasteiger partial charge in [0.05, 0.1) is 25.3 Å². The first-order chi connectivity index (χ1) is 15.5. The van der Waals surface area contributed by atoms with E-state index in [4.69, 9.17) is 9.47 Å². The minimum absolute atomic E-state index is 0. The summed E-state index contributed by atoms with van der Waals surface area (Å²) < 4.78 is 10.5. The van der Waals surface area contributed by atoms with Crippen LogP contribution in [0.2, 0.25) is 0 Å². The highest BCUT2D eigenvalue weighted by Crippen LogP contribution is 2.35. The molecule has 0 bridgehead atoms. The van der Waals surface area contributed by atoms with E-state index in [2.05, 4.69) is 29.0 Å². The van der Waals surface area contributed by atoms with Crippen molar-refractivity contribution in [1.82, 2.24) is 14.8 Å². The second-order valence-corrected chi connectivity index (χ2v) is 8.58. The highest BCUT2D eigenvalue weighted by molar-refractivity contribution is 6.34. The number of aromatic nitrogens is 1. The van der Waals surface area contributed by atoms with Crippen LogP contribution in [0.5, 0.6) is 0 Å². The molecule has 2 N–H and O–H groups in total. The Kier molecular flexibility index (Phi) is 6.78. The number of rotatable bonds is 5. The summed E-state index contributed by atoms with van der Waals surface area (Å²) in [4.78, 5) is 32.1. The second kappa shape index (κ2) is 9.59. The first kappa shape index (κ1) is 23.4. The Labute approximate surface area is 199 Å². The number of aryl methyl sites for hydroxylation is 1. The van der Waals surface area contributed by atoms with Crippen LogP contribution < -0.4 is 5.32 Å². The molecule has 33 heavy (non-hydrogen) atoms. The van der Waals surface area contributed by atoms with Crippen molar-refractivity contribution in [2.45, 2.75) is 26.9 Å². The van der Waals surface area contributed by atoms with Crippen molar-refractivity contribution in [3.63, 3.8) is 0 Å². The third-order valence-electron chi connectivity index (χ3n) is 6.49. The molecule has 176 valence electrons. The normalized spacial score (nSPS) is 19.5. The molecule has 0 atom stereocenters. The maximum Gasteiger partial charge on any atom is 0.410 e. The molecule has 9 heteroatoms. The number of carbonyl (C=O) groups excluding carboxylic acids is 2. The zero-order valence-corrected chi connectivity index (χ0v) is 19.7. The van der Waals surface area contributed by atoms with Crippen LogP contribution in [0.1, 0.15) is 33.6 Å². The van der Waals surface area contributed by atoms with Gasteiger partial charge in [0.15, 0.2) is 0 Å². The van der Waals surface area contributed by atoms with E-state index in [0.717, 1.165) is 61.1 Å². The van der Waals surface area contributed by atoms with Gasteiger partial charge in [-0.25, -0.2) is 4.79 Å². The minimum atomic E-state index is -0.291. The van der Waals surface area contributed by atoms with Gasteiger partial charge in [-0.3, -0.25) is 9.69 Å². The van der Waals surface area contributed by atoms with Crippen LogP contribution in [0.25, 0.3) is 11.6 Å². The number of halogens is 1. The van der Waals surface area contributed by atoms with Crippen molar-refractivity contribution < 1.29 is 19.1 Å². The van der Waals surface area contributed by atoms with E-state index < -0.39 is 0 Å². The minimum Gasteiger partial charge on any atom is -0.448 e. The molecule has 0 unspecified atom stereocenters. The van der Waals surface area contributed by atoms with Crippen molar-refractivity contribution in [1.29, 1.82) is 0 Å². The predicted octanol–water partition coefficient (Wildman–Crippen LogP) is 3.33. The highest BCUT2D eigenvalue weighted by Gasteiger charge is 2.27. The molecule has 8 nitrogen and oxygen atoms in total. The van der Waals surface area contributed by atoms with Crippen LogP contribution in [-0.2, 0) is 27.4 Å². The molecule has 1 aromatic carbocycles. The monoisotopic (exact) mass is 472 g/mol. The van der Waals surface area contributed by atoms with Crippen LogP contribution in [0.4, 0.5) is 10.5 Å². The fraction of sp³-hybridized carbons (Fsp3) is 0.417. The Hall–Kier alpha value is -2.81. The molecule has 3 aliphatic heterocycles. The Morgan fingerprint density at radius 3 is 2.58 bits per heavy atom. The molecule has 4 heterocycles. The Balaban J connectivity index is 0.00000259. The van der Waals surface area contributed by atoms with Gasteiger partial charge >= 0.3 is 6.09 Å². The number of benzene rings is 1. The first-order valence-corrected chi connectivity index (χ1v) is 11.1. The van der Waals surface area contributed by atoms with Gasteiger partial charge in [-0.1, -0.05) is 6.07 Å². The van der Waals surface area contributed by atoms with E-state index in [1.54, 1.807) is 4.90 Å². The number of cyclic esters (lactones) is 1. The van der Waals surface area contributed by atoms with Gasteiger partial charge in [-0.15, -0.1) is 12.4 Å². The topological polar surface area (TPSA) is 86.9 Å². The van der Waals surface area contributed by atoms with Gasteiger partial charge < -0.3 is 24.7 Å². The molecule has 2 amide bonds. The summed E-state index contributed by atoms with van der Waals surface area (Å²) in [5.74, 6) is -0.112. The second-order valence-electron chi connectivity index (χ2n) is 8.58. The molecular weight excluding hydrogens is 444 g/mol. The predicted molar refractivity (Wildman–Crippen MR) is 128 cm³/mol.